The third-order valence-electron chi connectivity index (χ3n) is 4.27. The number of unbranched alkanes of at least 4 members (excludes halogenated alkanes) is 1. The lowest BCUT2D eigenvalue weighted by Gasteiger charge is -2.34. The highest BCUT2D eigenvalue weighted by molar-refractivity contribution is 5.88. The lowest BCUT2D eigenvalue weighted by molar-refractivity contribution is 0.0491. The van der Waals surface area contributed by atoms with Crippen LogP contribution in [0, 0.1) is 0 Å². The number of anilines is 1. The van der Waals surface area contributed by atoms with Crippen molar-refractivity contribution in [2.24, 2.45) is 5.73 Å². The summed E-state index contributed by atoms with van der Waals surface area (Å²) in [7, 11) is 1.66. The number of nitrogens with zero attached hydrogens (tertiary/aromatic N) is 2. The first-order valence-electron chi connectivity index (χ1n) is 8.80. The Kier molecular flexibility index (Phi) is 7.05. The third kappa shape index (κ3) is 4.48. The maximum Gasteiger partial charge on any atom is 0.360 e. The van der Waals surface area contributed by atoms with E-state index in [0.717, 1.165) is 32.2 Å². The second-order valence-electron chi connectivity index (χ2n) is 6.18. The van der Waals surface area contributed by atoms with E-state index in [1.807, 2.05) is 11.8 Å². The molecule has 0 bridgehead atoms. The number of nitrogens with two attached hydrogens (primary N) is 1. The van der Waals surface area contributed by atoms with Crippen LogP contribution < -0.4 is 10.6 Å². The molecule has 0 spiro atoms. The standard InChI is InChI=1S/C17H29N3O4/c1-4-6-10-23-16(21)15-13(7-5-2)24-17(19-15)20-9-8-12(18)14(11-20)22-3/h12,14H,4-11,18H2,1-3H3/t12-,14+/m0/s1. The molecular weight excluding hydrogens is 310 g/mol. The Morgan fingerprint density at radius 2 is 2.21 bits per heavy atom. The van der Waals surface area contributed by atoms with Crippen molar-refractivity contribution in [1.82, 2.24) is 4.98 Å². The summed E-state index contributed by atoms with van der Waals surface area (Å²) in [6, 6.07) is 0.463. The molecule has 0 radical (unpaired) electrons. The highest BCUT2D eigenvalue weighted by Crippen LogP contribution is 2.24. The molecule has 0 unspecified atom stereocenters. The molecule has 1 aromatic rings. The third-order valence-corrected chi connectivity index (χ3v) is 4.27. The van der Waals surface area contributed by atoms with Gasteiger partial charge in [-0.05, 0) is 19.3 Å². The Morgan fingerprint density at radius 3 is 2.88 bits per heavy atom. The first kappa shape index (κ1) is 18.7. The monoisotopic (exact) mass is 339 g/mol. The molecule has 0 aliphatic carbocycles. The molecule has 7 heteroatoms. The van der Waals surface area contributed by atoms with Gasteiger partial charge in [-0.25, -0.2) is 4.79 Å². The fraction of sp³-hybridized carbons (Fsp3) is 0.765. The second kappa shape index (κ2) is 9.03. The Hall–Kier alpha value is -1.60. The summed E-state index contributed by atoms with van der Waals surface area (Å²) in [6.07, 6.45) is 4.08. The molecule has 136 valence electrons. The summed E-state index contributed by atoms with van der Waals surface area (Å²) in [5, 5.41) is 0. The fourth-order valence-electron chi connectivity index (χ4n) is 2.77. The van der Waals surface area contributed by atoms with Gasteiger partial charge in [-0.1, -0.05) is 20.3 Å². The van der Waals surface area contributed by atoms with Crippen LogP contribution in [0.25, 0.3) is 0 Å². The second-order valence-corrected chi connectivity index (χ2v) is 6.18. The summed E-state index contributed by atoms with van der Waals surface area (Å²) in [5.74, 6) is 0.191. The number of methoxy groups -OCH3 is 1. The van der Waals surface area contributed by atoms with E-state index in [-0.39, 0.29) is 12.1 Å². The van der Waals surface area contributed by atoms with E-state index in [0.29, 0.717) is 37.0 Å². The molecule has 0 amide bonds. The van der Waals surface area contributed by atoms with Crippen molar-refractivity contribution >= 4 is 12.0 Å². The van der Waals surface area contributed by atoms with Gasteiger partial charge >= 0.3 is 5.97 Å². The van der Waals surface area contributed by atoms with Gasteiger partial charge in [0.2, 0.25) is 0 Å². The van der Waals surface area contributed by atoms with Gasteiger partial charge in [0.05, 0.1) is 19.3 Å². The van der Waals surface area contributed by atoms with Crippen LogP contribution in [0.15, 0.2) is 4.42 Å². The van der Waals surface area contributed by atoms with Crippen LogP contribution in [0.1, 0.15) is 55.8 Å². The van der Waals surface area contributed by atoms with E-state index in [1.54, 1.807) is 7.11 Å². The minimum Gasteiger partial charge on any atom is -0.461 e. The first-order valence-corrected chi connectivity index (χ1v) is 8.80. The van der Waals surface area contributed by atoms with Crippen molar-refractivity contribution in [1.29, 1.82) is 0 Å². The number of oxazole rings is 1. The number of ether oxygens (including phenoxy) is 2. The first-order chi connectivity index (χ1) is 11.6. The maximum atomic E-state index is 12.3. The van der Waals surface area contributed by atoms with Crippen LogP contribution in [-0.4, -0.2) is 49.9 Å². The molecule has 2 rings (SSSR count). The normalized spacial score (nSPS) is 21.1. The minimum absolute atomic E-state index is 0.00908. The van der Waals surface area contributed by atoms with Crippen molar-refractivity contribution in [3.8, 4) is 0 Å². The Bertz CT molecular complexity index is 532. The van der Waals surface area contributed by atoms with E-state index in [4.69, 9.17) is 19.6 Å². The Balaban J connectivity index is 2.13. The number of rotatable bonds is 8. The van der Waals surface area contributed by atoms with Gasteiger partial charge in [0.1, 0.15) is 5.76 Å². The lowest BCUT2D eigenvalue weighted by Crippen LogP contribution is -2.51. The van der Waals surface area contributed by atoms with Crippen molar-refractivity contribution in [3.63, 3.8) is 0 Å². The average molecular weight is 339 g/mol. The zero-order chi connectivity index (χ0) is 17.5. The lowest BCUT2D eigenvalue weighted by atomic mass is 10.0. The van der Waals surface area contributed by atoms with Crippen molar-refractivity contribution in [2.45, 2.75) is 58.1 Å². The van der Waals surface area contributed by atoms with E-state index < -0.39 is 5.97 Å². The molecule has 1 aliphatic rings. The van der Waals surface area contributed by atoms with Crippen LogP contribution >= 0.6 is 0 Å². The van der Waals surface area contributed by atoms with Gasteiger partial charge in [-0.2, -0.15) is 4.98 Å². The number of aromatic nitrogens is 1. The largest absolute Gasteiger partial charge is 0.461 e. The quantitative estimate of drug-likeness (QED) is 0.573. The van der Waals surface area contributed by atoms with Crippen molar-refractivity contribution in [2.75, 3.05) is 31.7 Å². The highest BCUT2D eigenvalue weighted by Gasteiger charge is 2.31. The predicted octanol–water partition coefficient (Wildman–Crippen LogP) is 2.14. The summed E-state index contributed by atoms with van der Waals surface area (Å²) in [6.45, 7) is 5.84. The Morgan fingerprint density at radius 1 is 1.42 bits per heavy atom. The number of piperidine rings is 1. The highest BCUT2D eigenvalue weighted by atomic mass is 16.5. The van der Waals surface area contributed by atoms with Gasteiger partial charge < -0.3 is 24.5 Å². The molecule has 1 aliphatic heterocycles. The average Bonchev–Trinajstić information content (AvgIpc) is 3.00. The smallest absolute Gasteiger partial charge is 0.360 e. The molecule has 2 heterocycles. The van der Waals surface area contributed by atoms with Crippen LogP contribution in [-0.2, 0) is 15.9 Å². The molecule has 24 heavy (non-hydrogen) atoms. The van der Waals surface area contributed by atoms with E-state index in [1.165, 1.54) is 0 Å². The number of hydrogen-bond donors (Lipinski definition) is 1. The van der Waals surface area contributed by atoms with Gasteiger partial charge in [0.25, 0.3) is 6.01 Å². The molecule has 0 saturated carbocycles. The van der Waals surface area contributed by atoms with Crippen LogP contribution in [0.3, 0.4) is 0 Å². The molecule has 0 aromatic carbocycles. The molecular formula is C17H29N3O4. The van der Waals surface area contributed by atoms with Gasteiger partial charge in [0, 0.05) is 26.1 Å². The van der Waals surface area contributed by atoms with Crippen LogP contribution in [0.2, 0.25) is 0 Å². The predicted molar refractivity (Wildman–Crippen MR) is 91.3 cm³/mol. The van der Waals surface area contributed by atoms with Crippen molar-refractivity contribution < 1.29 is 18.7 Å². The maximum absolute atomic E-state index is 12.3. The zero-order valence-electron chi connectivity index (χ0n) is 14.9. The van der Waals surface area contributed by atoms with Crippen LogP contribution in [0.5, 0.6) is 0 Å². The number of aryl methyl sites for hydroxylation is 1. The summed E-state index contributed by atoms with van der Waals surface area (Å²) in [5.41, 5.74) is 6.35. The fourth-order valence-corrected chi connectivity index (χ4v) is 2.77. The number of carbonyl (C=O) groups is 1. The van der Waals surface area contributed by atoms with Crippen molar-refractivity contribution in [3.05, 3.63) is 11.5 Å². The van der Waals surface area contributed by atoms with E-state index in [9.17, 15) is 4.79 Å². The molecule has 7 nitrogen and oxygen atoms in total. The van der Waals surface area contributed by atoms with Crippen LogP contribution in [0.4, 0.5) is 6.01 Å². The summed E-state index contributed by atoms with van der Waals surface area (Å²) in [4.78, 5) is 18.7. The summed E-state index contributed by atoms with van der Waals surface area (Å²) >= 11 is 0. The SMILES string of the molecule is CCCCOC(=O)c1nc(N2CC[C@H](N)[C@H](OC)C2)oc1CCC. The number of esters is 1. The molecule has 2 N–H and O–H groups in total. The zero-order valence-corrected chi connectivity index (χ0v) is 14.9. The number of carbonyl (C=O) groups excluding carboxylic acids is 1. The van der Waals surface area contributed by atoms with Gasteiger partial charge in [-0.15, -0.1) is 0 Å². The summed E-state index contributed by atoms with van der Waals surface area (Å²) < 4.78 is 16.6. The van der Waals surface area contributed by atoms with E-state index in [2.05, 4.69) is 11.9 Å². The molecule has 1 saturated heterocycles. The topological polar surface area (TPSA) is 90.8 Å². The number of hydrogen-bond acceptors (Lipinski definition) is 7. The molecule has 1 aromatic heterocycles. The molecule has 2 atom stereocenters. The minimum atomic E-state index is -0.404. The van der Waals surface area contributed by atoms with Gasteiger partial charge in [-0.3, -0.25) is 0 Å². The van der Waals surface area contributed by atoms with E-state index >= 15 is 0 Å². The molecule has 1 fully saturated rings. The Labute approximate surface area is 143 Å². The van der Waals surface area contributed by atoms with Gasteiger partial charge in [0.15, 0.2) is 5.69 Å².